The van der Waals surface area contributed by atoms with Gasteiger partial charge >= 0.3 is 0 Å². The molecule has 2 heterocycles. The van der Waals surface area contributed by atoms with Gasteiger partial charge in [0.15, 0.2) is 11.4 Å². The Kier molecular flexibility index (Phi) is 3.53. The molecule has 0 radical (unpaired) electrons. The zero-order valence-corrected chi connectivity index (χ0v) is 12.8. The summed E-state index contributed by atoms with van der Waals surface area (Å²) < 4.78 is 8.68. The Balaban J connectivity index is 1.86. The lowest BCUT2D eigenvalue weighted by atomic mass is 10.2. The zero-order valence-electron chi connectivity index (χ0n) is 11.2. The predicted octanol–water partition coefficient (Wildman–Crippen LogP) is 2.92. The van der Waals surface area contributed by atoms with Crippen LogP contribution in [0.4, 0.5) is 0 Å². The largest absolute Gasteiger partial charge is 0.486 e. The average molecular weight is 335 g/mol. The molecule has 20 heavy (non-hydrogen) atoms. The van der Waals surface area contributed by atoms with Crippen LogP contribution in [0.1, 0.15) is 16.1 Å². The summed E-state index contributed by atoms with van der Waals surface area (Å²) in [6.45, 7) is 1.96. The van der Waals surface area contributed by atoms with Crippen LogP contribution in [0.5, 0.6) is 5.75 Å². The minimum absolute atomic E-state index is 0.00464. The molecular formula is C15H15BrN2O2. The number of benzene rings is 1. The molecule has 0 unspecified atom stereocenters. The first-order valence-corrected chi connectivity index (χ1v) is 7.27. The Hall–Kier alpha value is -1.75. The van der Waals surface area contributed by atoms with Crippen molar-refractivity contribution in [3.05, 3.63) is 52.3 Å². The summed E-state index contributed by atoms with van der Waals surface area (Å²) in [6, 6.07) is 11.8. The van der Waals surface area contributed by atoms with Crippen molar-refractivity contribution in [1.29, 1.82) is 0 Å². The van der Waals surface area contributed by atoms with Gasteiger partial charge in [0.1, 0.15) is 6.61 Å². The van der Waals surface area contributed by atoms with Gasteiger partial charge in [-0.2, -0.15) is 0 Å². The highest BCUT2D eigenvalue weighted by Gasteiger charge is 2.28. The van der Waals surface area contributed by atoms with E-state index in [0.717, 1.165) is 23.3 Å². The second-order valence-corrected chi connectivity index (χ2v) is 5.65. The van der Waals surface area contributed by atoms with Gasteiger partial charge in [-0.25, -0.2) is 0 Å². The summed E-state index contributed by atoms with van der Waals surface area (Å²) in [5.74, 6) is 0.641. The van der Waals surface area contributed by atoms with Crippen LogP contribution in [0.15, 0.2) is 41.0 Å². The Bertz CT molecular complexity index is 637. The Morgan fingerprint density at radius 2 is 2.00 bits per heavy atom. The number of rotatable bonds is 3. The lowest BCUT2D eigenvalue weighted by Crippen LogP contribution is -2.37. The minimum Gasteiger partial charge on any atom is -0.486 e. The third kappa shape index (κ3) is 2.33. The van der Waals surface area contributed by atoms with Crippen molar-refractivity contribution in [1.82, 2.24) is 9.47 Å². The molecule has 4 nitrogen and oxygen atoms in total. The van der Waals surface area contributed by atoms with Crippen molar-refractivity contribution in [3.8, 4) is 5.75 Å². The van der Waals surface area contributed by atoms with Crippen LogP contribution < -0.4 is 4.74 Å². The number of aromatic nitrogens is 1. The molecule has 5 heteroatoms. The van der Waals surface area contributed by atoms with E-state index in [4.69, 9.17) is 4.74 Å². The van der Waals surface area contributed by atoms with Crippen molar-refractivity contribution < 1.29 is 9.53 Å². The number of amides is 1. The number of halogens is 1. The van der Waals surface area contributed by atoms with Gasteiger partial charge < -0.3 is 14.2 Å². The van der Waals surface area contributed by atoms with Gasteiger partial charge in [-0.3, -0.25) is 4.79 Å². The summed E-state index contributed by atoms with van der Waals surface area (Å²) in [6.07, 6.45) is 0. The van der Waals surface area contributed by atoms with Gasteiger partial charge in [0.25, 0.3) is 5.91 Å². The smallest absolute Gasteiger partial charge is 0.274 e. The SMILES string of the molecule is CN1CCn2c(Br)cc(OCc3ccccc3)c2C1=O. The van der Waals surface area contributed by atoms with Crippen LogP contribution in [0, 0.1) is 0 Å². The van der Waals surface area contributed by atoms with Crippen molar-refractivity contribution in [2.45, 2.75) is 13.2 Å². The van der Waals surface area contributed by atoms with E-state index in [1.807, 2.05) is 48.0 Å². The fourth-order valence-electron chi connectivity index (χ4n) is 2.31. The molecule has 1 aliphatic rings. The molecule has 2 aromatic rings. The van der Waals surface area contributed by atoms with Crippen molar-refractivity contribution in [3.63, 3.8) is 0 Å². The van der Waals surface area contributed by atoms with Gasteiger partial charge in [0.2, 0.25) is 0 Å². The third-order valence-corrected chi connectivity index (χ3v) is 4.11. The molecule has 1 amide bonds. The first kappa shape index (κ1) is 13.2. The molecule has 0 bridgehead atoms. The van der Waals surface area contributed by atoms with E-state index in [1.165, 1.54) is 0 Å². The first-order valence-electron chi connectivity index (χ1n) is 6.48. The number of carbonyl (C=O) groups is 1. The fourth-order valence-corrected chi connectivity index (χ4v) is 2.87. The third-order valence-electron chi connectivity index (χ3n) is 3.46. The van der Waals surface area contributed by atoms with Gasteiger partial charge in [0.05, 0.1) is 4.60 Å². The molecule has 1 aromatic carbocycles. The van der Waals surface area contributed by atoms with Crippen molar-refractivity contribution in [2.24, 2.45) is 0 Å². The van der Waals surface area contributed by atoms with Crippen molar-refractivity contribution in [2.75, 3.05) is 13.6 Å². The van der Waals surface area contributed by atoms with E-state index < -0.39 is 0 Å². The number of ether oxygens (including phenoxy) is 1. The van der Waals surface area contributed by atoms with E-state index in [1.54, 1.807) is 4.90 Å². The molecule has 0 aliphatic carbocycles. The first-order chi connectivity index (χ1) is 9.66. The summed E-state index contributed by atoms with van der Waals surface area (Å²) in [5.41, 5.74) is 1.71. The molecule has 0 atom stereocenters. The summed E-state index contributed by atoms with van der Waals surface area (Å²) in [5, 5.41) is 0. The molecule has 1 aromatic heterocycles. The standard InChI is InChI=1S/C15H15BrN2O2/c1-17-7-8-18-13(16)9-12(14(18)15(17)19)20-10-11-5-3-2-4-6-11/h2-6,9H,7-8,10H2,1H3. The maximum absolute atomic E-state index is 12.3. The molecule has 104 valence electrons. The van der Waals surface area contributed by atoms with Crippen LogP contribution in [0.2, 0.25) is 0 Å². The van der Waals surface area contributed by atoms with E-state index in [9.17, 15) is 4.79 Å². The maximum Gasteiger partial charge on any atom is 0.274 e. The fraction of sp³-hybridized carbons (Fsp3) is 0.267. The maximum atomic E-state index is 12.3. The topological polar surface area (TPSA) is 34.5 Å². The number of fused-ring (bicyclic) bond motifs is 1. The highest BCUT2D eigenvalue weighted by atomic mass is 79.9. The highest BCUT2D eigenvalue weighted by molar-refractivity contribution is 9.10. The molecule has 0 saturated heterocycles. The van der Waals surface area contributed by atoms with Crippen LogP contribution in [0.3, 0.4) is 0 Å². The average Bonchev–Trinajstić information content (AvgIpc) is 2.79. The van der Waals surface area contributed by atoms with Gasteiger partial charge in [-0.15, -0.1) is 0 Å². The molecular weight excluding hydrogens is 320 g/mol. The van der Waals surface area contributed by atoms with Crippen LogP contribution in [0.25, 0.3) is 0 Å². The number of carbonyl (C=O) groups excluding carboxylic acids is 1. The lowest BCUT2D eigenvalue weighted by molar-refractivity contribution is 0.0742. The second-order valence-electron chi connectivity index (χ2n) is 4.83. The molecule has 0 fully saturated rings. The van der Waals surface area contributed by atoms with E-state index >= 15 is 0 Å². The number of nitrogens with zero attached hydrogens (tertiary/aromatic N) is 2. The molecule has 0 spiro atoms. The van der Waals surface area contributed by atoms with Crippen LogP contribution >= 0.6 is 15.9 Å². The van der Waals surface area contributed by atoms with Crippen LogP contribution in [-0.2, 0) is 13.2 Å². The lowest BCUT2D eigenvalue weighted by Gasteiger charge is -2.25. The monoisotopic (exact) mass is 334 g/mol. The summed E-state index contributed by atoms with van der Waals surface area (Å²) in [7, 11) is 1.81. The Morgan fingerprint density at radius 3 is 2.75 bits per heavy atom. The zero-order chi connectivity index (χ0) is 14.1. The molecule has 1 aliphatic heterocycles. The number of hydrogen-bond donors (Lipinski definition) is 0. The summed E-state index contributed by atoms with van der Waals surface area (Å²) >= 11 is 3.49. The normalized spacial score (nSPS) is 14.3. The van der Waals surface area contributed by atoms with E-state index in [2.05, 4.69) is 15.9 Å². The summed E-state index contributed by atoms with van der Waals surface area (Å²) in [4.78, 5) is 14.0. The van der Waals surface area contributed by atoms with Crippen LogP contribution in [-0.4, -0.2) is 29.0 Å². The molecule has 3 rings (SSSR count). The predicted molar refractivity (Wildman–Crippen MR) is 79.9 cm³/mol. The van der Waals surface area contributed by atoms with Gasteiger partial charge in [-0.05, 0) is 21.5 Å². The molecule has 0 N–H and O–H groups in total. The van der Waals surface area contributed by atoms with Crippen molar-refractivity contribution >= 4 is 21.8 Å². The van der Waals surface area contributed by atoms with Gasteiger partial charge in [-0.1, -0.05) is 30.3 Å². The molecule has 0 saturated carbocycles. The number of hydrogen-bond acceptors (Lipinski definition) is 2. The Morgan fingerprint density at radius 1 is 1.25 bits per heavy atom. The van der Waals surface area contributed by atoms with E-state index in [0.29, 0.717) is 18.1 Å². The second kappa shape index (κ2) is 5.32. The van der Waals surface area contributed by atoms with E-state index in [-0.39, 0.29) is 5.91 Å². The Labute approximate surface area is 126 Å². The highest BCUT2D eigenvalue weighted by Crippen LogP contribution is 2.31. The quantitative estimate of drug-likeness (QED) is 0.864. The number of likely N-dealkylation sites (N-methyl/N-ethyl adjacent to an activating group) is 1. The van der Waals surface area contributed by atoms with Gasteiger partial charge in [0, 0.05) is 26.2 Å². The minimum atomic E-state index is 0.00464.